The van der Waals surface area contributed by atoms with Crippen molar-refractivity contribution in [1.82, 2.24) is 0 Å². The van der Waals surface area contributed by atoms with Gasteiger partial charge in [-0.1, -0.05) is 35.7 Å². The van der Waals surface area contributed by atoms with E-state index in [1.54, 1.807) is 25.1 Å². The van der Waals surface area contributed by atoms with Crippen molar-refractivity contribution >= 4 is 22.6 Å². The number of hydrogen-bond acceptors (Lipinski definition) is 4. The number of aryl methyl sites for hydroxylation is 1. The van der Waals surface area contributed by atoms with Gasteiger partial charge in [0.1, 0.15) is 5.56 Å². The van der Waals surface area contributed by atoms with Crippen LogP contribution in [0.3, 0.4) is 0 Å². The van der Waals surface area contributed by atoms with Crippen LogP contribution < -0.4 is 0 Å². The zero-order chi connectivity index (χ0) is 12.8. The number of carbonyl (C=O) groups is 1. The highest BCUT2D eigenvalue weighted by atomic mass is 32.2. The fraction of sp³-hybridized carbons (Fsp3) is 0.250. The Morgan fingerprint density at radius 2 is 2.24 bits per heavy atom. The minimum absolute atomic E-state index is 0.0157. The van der Waals surface area contributed by atoms with E-state index in [9.17, 15) is 14.9 Å². The molecule has 0 aliphatic rings. The van der Waals surface area contributed by atoms with Gasteiger partial charge in [0.25, 0.3) is 5.69 Å². The summed E-state index contributed by atoms with van der Waals surface area (Å²) in [6.45, 7) is 3.13. The van der Waals surface area contributed by atoms with Gasteiger partial charge in [-0.15, -0.1) is 0 Å². The van der Waals surface area contributed by atoms with Gasteiger partial charge in [-0.2, -0.15) is 0 Å². The molecule has 4 nitrogen and oxygen atoms in total. The molecule has 88 valence electrons. The van der Waals surface area contributed by atoms with Crippen LogP contribution in [0.25, 0.3) is 0 Å². The van der Waals surface area contributed by atoms with Crippen LogP contribution in [0, 0.1) is 28.9 Å². The van der Waals surface area contributed by atoms with Crippen molar-refractivity contribution in [3.05, 3.63) is 39.4 Å². The molecule has 1 aromatic carbocycles. The number of nitro groups is 1. The lowest BCUT2D eigenvalue weighted by Gasteiger charge is -1.98. The summed E-state index contributed by atoms with van der Waals surface area (Å²) in [6.07, 6.45) is 0. The summed E-state index contributed by atoms with van der Waals surface area (Å²) in [6, 6.07) is 5.01. The van der Waals surface area contributed by atoms with Crippen molar-refractivity contribution < 1.29 is 9.72 Å². The van der Waals surface area contributed by atoms with E-state index in [2.05, 4.69) is 11.8 Å². The topological polar surface area (TPSA) is 60.2 Å². The molecule has 1 rings (SSSR count). The number of thioether (sulfide) groups is 1. The standard InChI is InChI=1S/C12H11NO3S/c1-9-5-3-6-11(12(9)13(15)16)7-4-8-17-10(2)14/h3,5-6H,8H2,1-2H3. The minimum Gasteiger partial charge on any atom is -0.288 e. The predicted molar refractivity (Wildman–Crippen MR) is 67.9 cm³/mol. The third-order valence-electron chi connectivity index (χ3n) is 1.99. The fourth-order valence-corrected chi connectivity index (χ4v) is 1.62. The maximum atomic E-state index is 10.9. The molecule has 0 bridgehead atoms. The van der Waals surface area contributed by atoms with Crippen LogP contribution in [0.5, 0.6) is 0 Å². The lowest BCUT2D eigenvalue weighted by Crippen LogP contribution is -1.95. The number of nitrogens with zero attached hydrogens (tertiary/aromatic N) is 1. The number of rotatable bonds is 2. The predicted octanol–water partition coefficient (Wildman–Crippen LogP) is 2.53. The monoisotopic (exact) mass is 249 g/mol. The summed E-state index contributed by atoms with van der Waals surface area (Å²) in [5.41, 5.74) is 1.01. The summed E-state index contributed by atoms with van der Waals surface area (Å²) in [5, 5.41) is 10.8. The minimum atomic E-state index is -0.433. The number of para-hydroxylation sites is 1. The maximum absolute atomic E-state index is 10.9. The lowest BCUT2D eigenvalue weighted by molar-refractivity contribution is -0.385. The van der Waals surface area contributed by atoms with Gasteiger partial charge in [-0.05, 0) is 13.0 Å². The smallest absolute Gasteiger partial charge is 0.287 e. The number of carbonyl (C=O) groups excluding carboxylic acids is 1. The van der Waals surface area contributed by atoms with E-state index in [0.717, 1.165) is 11.8 Å². The Kier molecular flexibility index (Phi) is 4.73. The van der Waals surface area contributed by atoms with Crippen LogP contribution in [0.4, 0.5) is 5.69 Å². The van der Waals surface area contributed by atoms with E-state index in [1.165, 1.54) is 6.92 Å². The molecule has 0 heterocycles. The van der Waals surface area contributed by atoms with Crippen LogP contribution in [0.1, 0.15) is 18.1 Å². The number of benzene rings is 1. The average molecular weight is 249 g/mol. The second-order valence-corrected chi connectivity index (χ2v) is 4.46. The van der Waals surface area contributed by atoms with Gasteiger partial charge >= 0.3 is 0 Å². The fourth-order valence-electron chi connectivity index (χ4n) is 1.27. The van der Waals surface area contributed by atoms with Crippen LogP contribution in [0.15, 0.2) is 18.2 Å². The molecule has 0 aliphatic heterocycles. The zero-order valence-electron chi connectivity index (χ0n) is 9.52. The molecule has 0 amide bonds. The maximum Gasteiger partial charge on any atom is 0.287 e. The average Bonchev–Trinajstić information content (AvgIpc) is 2.23. The first-order valence-electron chi connectivity index (χ1n) is 4.88. The molecule has 17 heavy (non-hydrogen) atoms. The Hall–Kier alpha value is -1.80. The van der Waals surface area contributed by atoms with Gasteiger partial charge in [0.05, 0.1) is 10.7 Å². The van der Waals surface area contributed by atoms with Crippen LogP contribution >= 0.6 is 11.8 Å². The Morgan fingerprint density at radius 3 is 2.82 bits per heavy atom. The molecular formula is C12H11NO3S. The van der Waals surface area contributed by atoms with Crippen molar-refractivity contribution in [2.24, 2.45) is 0 Å². The van der Waals surface area contributed by atoms with Crippen LogP contribution in [-0.2, 0) is 4.79 Å². The Labute approximate surface area is 104 Å². The first kappa shape index (κ1) is 13.3. The third kappa shape index (κ3) is 3.93. The Morgan fingerprint density at radius 1 is 1.53 bits per heavy atom. The van der Waals surface area contributed by atoms with Crippen molar-refractivity contribution in [3.63, 3.8) is 0 Å². The highest BCUT2D eigenvalue weighted by Gasteiger charge is 2.14. The second-order valence-electron chi connectivity index (χ2n) is 3.31. The van der Waals surface area contributed by atoms with Gasteiger partial charge in [0, 0.05) is 12.5 Å². The van der Waals surface area contributed by atoms with Gasteiger partial charge in [-0.3, -0.25) is 14.9 Å². The lowest BCUT2D eigenvalue weighted by atomic mass is 10.1. The molecule has 0 aromatic heterocycles. The Bertz CT molecular complexity index is 514. The van der Waals surface area contributed by atoms with Crippen molar-refractivity contribution in [2.75, 3.05) is 5.75 Å². The van der Waals surface area contributed by atoms with E-state index < -0.39 is 4.92 Å². The van der Waals surface area contributed by atoms with Gasteiger partial charge in [0.15, 0.2) is 5.12 Å². The highest BCUT2D eigenvalue weighted by molar-refractivity contribution is 8.13. The summed E-state index contributed by atoms with van der Waals surface area (Å²) in [4.78, 5) is 21.1. The quantitative estimate of drug-likeness (QED) is 0.459. The molecular weight excluding hydrogens is 238 g/mol. The molecule has 0 radical (unpaired) electrons. The van der Waals surface area contributed by atoms with Gasteiger partial charge in [-0.25, -0.2) is 0 Å². The molecule has 0 unspecified atom stereocenters. The molecule has 0 N–H and O–H groups in total. The summed E-state index contributed by atoms with van der Waals surface area (Å²) in [7, 11) is 0. The molecule has 0 saturated heterocycles. The summed E-state index contributed by atoms with van der Waals surface area (Å²) in [5.74, 6) is 5.82. The molecule has 0 fully saturated rings. The first-order valence-corrected chi connectivity index (χ1v) is 5.87. The molecule has 1 aromatic rings. The number of nitro benzene ring substituents is 1. The van der Waals surface area contributed by atoms with Gasteiger partial charge < -0.3 is 0 Å². The Balaban J connectivity index is 2.94. The van der Waals surface area contributed by atoms with E-state index in [4.69, 9.17) is 0 Å². The zero-order valence-corrected chi connectivity index (χ0v) is 10.3. The molecule has 0 saturated carbocycles. The summed E-state index contributed by atoms with van der Waals surface area (Å²) < 4.78 is 0. The van der Waals surface area contributed by atoms with Gasteiger partial charge in [0.2, 0.25) is 0 Å². The largest absolute Gasteiger partial charge is 0.288 e. The third-order valence-corrected chi connectivity index (χ3v) is 2.69. The molecule has 0 spiro atoms. The molecule has 5 heteroatoms. The van der Waals surface area contributed by atoms with Crippen molar-refractivity contribution in [2.45, 2.75) is 13.8 Å². The second kappa shape index (κ2) is 6.06. The normalized spacial score (nSPS) is 9.29. The highest BCUT2D eigenvalue weighted by Crippen LogP contribution is 2.21. The van der Waals surface area contributed by atoms with E-state index in [-0.39, 0.29) is 10.8 Å². The van der Waals surface area contributed by atoms with Crippen molar-refractivity contribution in [1.29, 1.82) is 0 Å². The van der Waals surface area contributed by atoms with E-state index in [0.29, 0.717) is 16.9 Å². The van der Waals surface area contributed by atoms with E-state index in [1.807, 2.05) is 0 Å². The first-order chi connectivity index (χ1) is 8.02. The van der Waals surface area contributed by atoms with Crippen molar-refractivity contribution in [3.8, 4) is 11.8 Å². The van der Waals surface area contributed by atoms with Crippen LogP contribution in [0.2, 0.25) is 0 Å². The molecule has 0 aliphatic carbocycles. The summed E-state index contributed by atoms with van der Waals surface area (Å²) >= 11 is 1.09. The van der Waals surface area contributed by atoms with E-state index >= 15 is 0 Å². The molecule has 0 atom stereocenters. The SMILES string of the molecule is CC(=O)SCC#Cc1cccc(C)c1[N+](=O)[O-]. The number of hydrogen-bond donors (Lipinski definition) is 0. The van der Waals surface area contributed by atoms with Crippen LogP contribution in [-0.4, -0.2) is 15.8 Å².